The molecule has 94 valence electrons. The van der Waals surface area contributed by atoms with E-state index in [0.717, 1.165) is 17.9 Å². The van der Waals surface area contributed by atoms with Crippen molar-refractivity contribution in [3.63, 3.8) is 0 Å². The zero-order valence-electron chi connectivity index (χ0n) is 9.81. The first-order valence-electron chi connectivity index (χ1n) is 5.48. The topological polar surface area (TPSA) is 72.5 Å². The Morgan fingerprint density at radius 2 is 2.29 bits per heavy atom. The van der Waals surface area contributed by atoms with Crippen molar-refractivity contribution in [3.8, 4) is 5.75 Å². The molecule has 0 bridgehead atoms. The van der Waals surface area contributed by atoms with Crippen LogP contribution in [0.15, 0.2) is 18.2 Å². The normalized spacial score (nSPS) is 10.2. The molecule has 0 saturated heterocycles. The third-order valence-electron chi connectivity index (χ3n) is 2.16. The molecule has 0 aliphatic heterocycles. The molecule has 4 nitrogen and oxygen atoms in total. The van der Waals surface area contributed by atoms with E-state index < -0.39 is 5.97 Å². The van der Waals surface area contributed by atoms with Crippen molar-refractivity contribution in [1.29, 1.82) is 0 Å². The van der Waals surface area contributed by atoms with Crippen molar-refractivity contribution in [2.45, 2.75) is 13.3 Å². The average molecular weight is 255 g/mol. The number of nitrogen functional groups attached to an aromatic ring is 1. The minimum atomic E-state index is -1.02. The number of aromatic carboxylic acids is 1. The third kappa shape index (κ3) is 4.56. The van der Waals surface area contributed by atoms with E-state index in [1.165, 1.54) is 6.07 Å². The quantitative estimate of drug-likeness (QED) is 0.578. The highest BCUT2D eigenvalue weighted by atomic mass is 32.2. The van der Waals surface area contributed by atoms with Gasteiger partial charge >= 0.3 is 5.97 Å². The number of nitrogens with two attached hydrogens (primary N) is 1. The van der Waals surface area contributed by atoms with Crippen molar-refractivity contribution >= 4 is 23.4 Å². The molecule has 3 N–H and O–H groups in total. The lowest BCUT2D eigenvalue weighted by Gasteiger charge is -2.07. The fourth-order valence-corrected chi connectivity index (χ4v) is 1.93. The number of anilines is 1. The molecular formula is C12H17NO3S. The monoisotopic (exact) mass is 255 g/mol. The Labute approximate surface area is 105 Å². The van der Waals surface area contributed by atoms with E-state index in [2.05, 4.69) is 6.92 Å². The molecule has 0 atom stereocenters. The first-order valence-corrected chi connectivity index (χ1v) is 6.64. The summed E-state index contributed by atoms with van der Waals surface area (Å²) >= 11 is 1.87. The fraction of sp³-hybridized carbons (Fsp3) is 0.417. The zero-order valence-corrected chi connectivity index (χ0v) is 10.6. The number of rotatable bonds is 7. The summed E-state index contributed by atoms with van der Waals surface area (Å²) in [5.74, 6) is 1.78. The van der Waals surface area contributed by atoms with Gasteiger partial charge in [-0.2, -0.15) is 11.8 Å². The molecule has 0 saturated carbocycles. The summed E-state index contributed by atoms with van der Waals surface area (Å²) in [6.07, 6.45) is 0.971. The molecule has 1 rings (SSSR count). The van der Waals surface area contributed by atoms with Gasteiger partial charge in [0, 0.05) is 11.8 Å². The second-order valence-corrected chi connectivity index (χ2v) is 4.85. The highest BCUT2D eigenvalue weighted by Gasteiger charge is 2.08. The molecule has 5 heteroatoms. The number of carboxylic acid groups (broad SMARTS) is 1. The summed E-state index contributed by atoms with van der Waals surface area (Å²) in [7, 11) is 0. The lowest BCUT2D eigenvalue weighted by atomic mass is 10.2. The molecule has 0 spiro atoms. The fourth-order valence-electron chi connectivity index (χ4n) is 1.32. The predicted octanol–water partition coefficient (Wildman–Crippen LogP) is 2.49. The van der Waals surface area contributed by atoms with E-state index in [4.69, 9.17) is 15.6 Å². The van der Waals surface area contributed by atoms with Gasteiger partial charge < -0.3 is 15.6 Å². The molecule has 0 aliphatic carbocycles. The Balaban J connectivity index is 2.45. The average Bonchev–Trinajstić information content (AvgIpc) is 2.28. The van der Waals surface area contributed by atoms with Crippen molar-refractivity contribution in [2.24, 2.45) is 0 Å². The van der Waals surface area contributed by atoms with E-state index in [0.29, 0.717) is 12.4 Å². The maximum Gasteiger partial charge on any atom is 0.337 e. The highest BCUT2D eigenvalue weighted by molar-refractivity contribution is 7.99. The van der Waals surface area contributed by atoms with E-state index in [-0.39, 0.29) is 11.3 Å². The zero-order chi connectivity index (χ0) is 12.7. The molecule has 0 amide bonds. The second kappa shape index (κ2) is 7.06. The molecule has 0 aromatic heterocycles. The first-order chi connectivity index (χ1) is 8.15. The summed E-state index contributed by atoms with van der Waals surface area (Å²) in [6, 6.07) is 4.65. The van der Waals surface area contributed by atoms with Gasteiger partial charge in [-0.3, -0.25) is 0 Å². The Morgan fingerprint density at radius 1 is 1.53 bits per heavy atom. The molecule has 0 heterocycles. The first kappa shape index (κ1) is 13.7. The van der Waals surface area contributed by atoms with Crippen molar-refractivity contribution in [3.05, 3.63) is 23.8 Å². The molecule has 0 fully saturated rings. The standard InChI is InChI=1S/C12H17NO3S/c1-2-17-7-3-6-16-9-4-5-10(12(14)15)11(13)8-9/h4-5,8H,2-3,6-7,13H2,1H3,(H,14,15). The van der Waals surface area contributed by atoms with Gasteiger partial charge in [-0.05, 0) is 30.1 Å². The Kier molecular flexibility index (Phi) is 5.69. The van der Waals surface area contributed by atoms with Crippen molar-refractivity contribution in [1.82, 2.24) is 0 Å². The number of ether oxygens (including phenoxy) is 1. The Hall–Kier alpha value is -1.36. The number of thioether (sulfide) groups is 1. The maximum absolute atomic E-state index is 10.7. The van der Waals surface area contributed by atoms with E-state index in [1.807, 2.05) is 11.8 Å². The van der Waals surface area contributed by atoms with Crippen molar-refractivity contribution in [2.75, 3.05) is 23.8 Å². The summed E-state index contributed by atoms with van der Waals surface area (Å²) in [6.45, 7) is 2.75. The van der Waals surface area contributed by atoms with Crippen LogP contribution in [0.25, 0.3) is 0 Å². The van der Waals surface area contributed by atoms with E-state index >= 15 is 0 Å². The summed E-state index contributed by atoms with van der Waals surface area (Å²) in [4.78, 5) is 10.7. The minimum absolute atomic E-state index is 0.110. The van der Waals surface area contributed by atoms with Crippen LogP contribution in [0.3, 0.4) is 0 Å². The van der Waals surface area contributed by atoms with Crippen molar-refractivity contribution < 1.29 is 14.6 Å². The molecule has 1 aromatic carbocycles. The number of hydrogen-bond acceptors (Lipinski definition) is 4. The van der Waals surface area contributed by atoms with Crippen LogP contribution < -0.4 is 10.5 Å². The van der Waals surface area contributed by atoms with Crippen LogP contribution in [0, 0.1) is 0 Å². The third-order valence-corrected chi connectivity index (χ3v) is 3.14. The Morgan fingerprint density at radius 3 is 2.88 bits per heavy atom. The van der Waals surface area contributed by atoms with Crippen LogP contribution in [-0.4, -0.2) is 29.2 Å². The van der Waals surface area contributed by atoms with Gasteiger partial charge in [0.1, 0.15) is 5.75 Å². The summed E-state index contributed by atoms with van der Waals surface area (Å²) in [5.41, 5.74) is 5.95. The maximum atomic E-state index is 10.7. The van der Waals surface area contributed by atoms with Crippen LogP contribution in [0.2, 0.25) is 0 Å². The van der Waals surface area contributed by atoms with Gasteiger partial charge in [-0.15, -0.1) is 0 Å². The Bertz CT molecular complexity index is 382. The minimum Gasteiger partial charge on any atom is -0.493 e. The molecule has 1 aromatic rings. The van der Waals surface area contributed by atoms with Gasteiger partial charge in [0.15, 0.2) is 0 Å². The number of benzene rings is 1. The van der Waals surface area contributed by atoms with E-state index in [9.17, 15) is 4.79 Å². The van der Waals surface area contributed by atoms with Gasteiger partial charge in [-0.1, -0.05) is 6.92 Å². The van der Waals surface area contributed by atoms with E-state index in [1.54, 1.807) is 12.1 Å². The highest BCUT2D eigenvalue weighted by Crippen LogP contribution is 2.20. The van der Waals surface area contributed by atoms with Crippen LogP contribution in [0.5, 0.6) is 5.75 Å². The molecular weight excluding hydrogens is 238 g/mol. The van der Waals surface area contributed by atoms with Crippen LogP contribution in [0.4, 0.5) is 5.69 Å². The largest absolute Gasteiger partial charge is 0.493 e. The van der Waals surface area contributed by atoms with Gasteiger partial charge in [0.2, 0.25) is 0 Å². The molecule has 0 aliphatic rings. The number of carbonyl (C=O) groups is 1. The SMILES string of the molecule is CCSCCCOc1ccc(C(=O)O)c(N)c1. The van der Waals surface area contributed by atoms with Crippen LogP contribution in [0.1, 0.15) is 23.7 Å². The lowest BCUT2D eigenvalue weighted by molar-refractivity contribution is 0.0698. The van der Waals surface area contributed by atoms with Crippen LogP contribution >= 0.6 is 11.8 Å². The molecule has 0 unspecified atom stereocenters. The molecule has 17 heavy (non-hydrogen) atoms. The number of hydrogen-bond donors (Lipinski definition) is 2. The predicted molar refractivity (Wildman–Crippen MR) is 70.9 cm³/mol. The second-order valence-electron chi connectivity index (χ2n) is 3.45. The van der Waals surface area contributed by atoms with Crippen LogP contribution in [-0.2, 0) is 0 Å². The molecule has 0 radical (unpaired) electrons. The number of carboxylic acids is 1. The smallest absolute Gasteiger partial charge is 0.337 e. The van der Waals surface area contributed by atoms with Gasteiger partial charge in [0.25, 0.3) is 0 Å². The van der Waals surface area contributed by atoms with Gasteiger partial charge in [0.05, 0.1) is 12.2 Å². The lowest BCUT2D eigenvalue weighted by Crippen LogP contribution is -2.04. The summed E-state index contributed by atoms with van der Waals surface area (Å²) < 4.78 is 5.48. The van der Waals surface area contributed by atoms with Gasteiger partial charge in [-0.25, -0.2) is 4.79 Å². The summed E-state index contributed by atoms with van der Waals surface area (Å²) in [5, 5.41) is 8.81.